The van der Waals surface area contributed by atoms with Gasteiger partial charge in [0.2, 0.25) is 0 Å². The van der Waals surface area contributed by atoms with Gasteiger partial charge < -0.3 is 9.84 Å². The maximum atomic E-state index is 10.6. The standard InChI is InChI=1S/C10H9BrO3S/c1-14-7-2-3-8(11)6(4-7)5-9(15)10(12)13/h2-5,15H,1H3,(H,12,13)/b9-5-. The van der Waals surface area contributed by atoms with Crippen LogP contribution in [-0.2, 0) is 4.79 Å². The molecule has 1 N–H and O–H groups in total. The van der Waals surface area contributed by atoms with Crippen LogP contribution in [0.2, 0.25) is 0 Å². The van der Waals surface area contributed by atoms with Gasteiger partial charge in [-0.2, -0.15) is 0 Å². The fourth-order valence-corrected chi connectivity index (χ4v) is 1.47. The van der Waals surface area contributed by atoms with Gasteiger partial charge in [-0.15, -0.1) is 12.6 Å². The quantitative estimate of drug-likeness (QED) is 0.664. The minimum Gasteiger partial charge on any atom is -0.497 e. The first-order valence-corrected chi connectivity index (χ1v) is 5.26. The molecule has 1 aromatic rings. The summed E-state index contributed by atoms with van der Waals surface area (Å²) in [4.78, 5) is 10.6. The highest BCUT2D eigenvalue weighted by molar-refractivity contribution is 9.10. The predicted octanol–water partition coefficient (Wildman–Crippen LogP) is 2.81. The summed E-state index contributed by atoms with van der Waals surface area (Å²) in [5.74, 6) is -0.399. The largest absolute Gasteiger partial charge is 0.497 e. The minimum absolute atomic E-state index is 0.0241. The Bertz CT molecular complexity index is 415. The Labute approximate surface area is 101 Å². The molecule has 0 fully saturated rings. The molecule has 0 heterocycles. The summed E-state index contributed by atoms with van der Waals surface area (Å²) in [5, 5.41) is 8.67. The highest BCUT2D eigenvalue weighted by Gasteiger charge is 2.04. The normalized spacial score (nSPS) is 11.3. The van der Waals surface area contributed by atoms with Gasteiger partial charge in [-0.3, -0.25) is 0 Å². The number of hydrogen-bond donors (Lipinski definition) is 2. The van der Waals surface area contributed by atoms with E-state index in [9.17, 15) is 4.79 Å². The highest BCUT2D eigenvalue weighted by atomic mass is 79.9. The Balaban J connectivity index is 3.13. The van der Waals surface area contributed by atoms with Gasteiger partial charge in [-0.25, -0.2) is 4.79 Å². The van der Waals surface area contributed by atoms with E-state index >= 15 is 0 Å². The SMILES string of the molecule is COc1ccc(Br)c(/C=C(\S)C(=O)O)c1. The van der Waals surface area contributed by atoms with Gasteiger partial charge in [0.05, 0.1) is 12.0 Å². The molecular weight excluding hydrogens is 280 g/mol. The number of carbonyl (C=O) groups is 1. The number of benzene rings is 1. The molecule has 15 heavy (non-hydrogen) atoms. The molecule has 0 saturated heterocycles. The summed E-state index contributed by atoms with van der Waals surface area (Å²) >= 11 is 7.16. The number of thiol groups is 1. The molecule has 0 aliphatic rings. The van der Waals surface area contributed by atoms with Crippen LogP contribution >= 0.6 is 28.6 Å². The van der Waals surface area contributed by atoms with Crippen LogP contribution in [-0.4, -0.2) is 18.2 Å². The van der Waals surface area contributed by atoms with E-state index in [1.807, 2.05) is 0 Å². The molecule has 0 amide bonds. The van der Waals surface area contributed by atoms with Crippen LogP contribution in [0.5, 0.6) is 5.75 Å². The predicted molar refractivity (Wildman–Crippen MR) is 65.3 cm³/mol. The molecule has 0 aliphatic heterocycles. The number of rotatable bonds is 3. The molecule has 3 nitrogen and oxygen atoms in total. The van der Waals surface area contributed by atoms with Crippen LogP contribution in [0, 0.1) is 0 Å². The van der Waals surface area contributed by atoms with E-state index in [4.69, 9.17) is 9.84 Å². The van der Waals surface area contributed by atoms with Crippen LogP contribution in [0.3, 0.4) is 0 Å². The summed E-state index contributed by atoms with van der Waals surface area (Å²) in [5.41, 5.74) is 0.710. The highest BCUT2D eigenvalue weighted by Crippen LogP contribution is 2.25. The van der Waals surface area contributed by atoms with Gasteiger partial charge in [0.25, 0.3) is 0 Å². The molecule has 0 saturated carbocycles. The number of aliphatic carboxylic acids is 1. The average molecular weight is 289 g/mol. The van der Waals surface area contributed by atoms with Crippen LogP contribution in [0.1, 0.15) is 5.56 Å². The zero-order chi connectivity index (χ0) is 11.4. The first-order chi connectivity index (χ1) is 7.04. The average Bonchev–Trinajstić information content (AvgIpc) is 2.21. The maximum Gasteiger partial charge on any atom is 0.341 e. The van der Waals surface area contributed by atoms with Gasteiger partial charge in [-0.05, 0) is 29.8 Å². The van der Waals surface area contributed by atoms with Crippen LogP contribution in [0.25, 0.3) is 6.08 Å². The Hall–Kier alpha value is -0.940. The van der Waals surface area contributed by atoms with E-state index in [0.717, 1.165) is 4.47 Å². The number of hydrogen-bond acceptors (Lipinski definition) is 3. The van der Waals surface area contributed by atoms with Gasteiger partial charge in [0, 0.05) is 4.47 Å². The maximum absolute atomic E-state index is 10.6. The van der Waals surface area contributed by atoms with Crippen LogP contribution in [0.4, 0.5) is 0 Å². The van der Waals surface area contributed by atoms with Crippen molar-refractivity contribution in [2.24, 2.45) is 0 Å². The van der Waals surface area contributed by atoms with Crippen molar-refractivity contribution in [2.45, 2.75) is 0 Å². The molecule has 1 aromatic carbocycles. The molecule has 0 aromatic heterocycles. The molecule has 0 unspecified atom stereocenters. The third kappa shape index (κ3) is 3.28. The van der Waals surface area contributed by atoms with Crippen molar-refractivity contribution in [3.63, 3.8) is 0 Å². The number of methoxy groups -OCH3 is 1. The monoisotopic (exact) mass is 288 g/mol. The molecular formula is C10H9BrO3S. The van der Waals surface area contributed by atoms with E-state index in [1.54, 1.807) is 25.3 Å². The van der Waals surface area contributed by atoms with Gasteiger partial charge in [0.1, 0.15) is 5.75 Å². The second kappa shape index (κ2) is 5.23. The van der Waals surface area contributed by atoms with Crippen molar-refractivity contribution in [3.8, 4) is 5.75 Å². The second-order valence-electron chi connectivity index (χ2n) is 2.72. The second-order valence-corrected chi connectivity index (χ2v) is 4.06. The minimum atomic E-state index is -1.06. The van der Waals surface area contributed by atoms with E-state index in [2.05, 4.69) is 28.6 Å². The number of carboxylic acid groups (broad SMARTS) is 1. The van der Waals surface area contributed by atoms with E-state index in [0.29, 0.717) is 11.3 Å². The topological polar surface area (TPSA) is 46.5 Å². The summed E-state index contributed by atoms with van der Waals surface area (Å²) in [7, 11) is 1.55. The van der Waals surface area contributed by atoms with E-state index < -0.39 is 5.97 Å². The van der Waals surface area contributed by atoms with E-state index in [-0.39, 0.29) is 4.91 Å². The zero-order valence-corrected chi connectivity index (χ0v) is 10.4. The summed E-state index contributed by atoms with van der Waals surface area (Å²) < 4.78 is 5.82. The Morgan fingerprint density at radius 1 is 1.60 bits per heavy atom. The Kier molecular flexibility index (Phi) is 4.23. The lowest BCUT2D eigenvalue weighted by Crippen LogP contribution is -1.93. The zero-order valence-electron chi connectivity index (χ0n) is 7.90. The van der Waals surface area contributed by atoms with Crippen LogP contribution < -0.4 is 4.74 Å². The number of ether oxygens (including phenoxy) is 1. The molecule has 0 bridgehead atoms. The molecule has 5 heteroatoms. The molecule has 0 atom stereocenters. The van der Waals surface area contributed by atoms with Crippen molar-refractivity contribution in [1.29, 1.82) is 0 Å². The van der Waals surface area contributed by atoms with Gasteiger partial charge >= 0.3 is 5.97 Å². The number of carboxylic acids is 1. The first-order valence-electron chi connectivity index (χ1n) is 4.02. The summed E-state index contributed by atoms with van der Waals surface area (Å²) in [6, 6.07) is 5.29. The molecule has 0 radical (unpaired) electrons. The Morgan fingerprint density at radius 3 is 2.80 bits per heavy atom. The van der Waals surface area contributed by atoms with E-state index in [1.165, 1.54) is 6.08 Å². The summed E-state index contributed by atoms with van der Waals surface area (Å²) in [6.07, 6.45) is 1.46. The number of halogens is 1. The molecule has 80 valence electrons. The lowest BCUT2D eigenvalue weighted by atomic mass is 10.2. The fourth-order valence-electron chi connectivity index (χ4n) is 0.968. The van der Waals surface area contributed by atoms with Gasteiger partial charge in [0.15, 0.2) is 0 Å². The Morgan fingerprint density at radius 2 is 2.27 bits per heavy atom. The van der Waals surface area contributed by atoms with Crippen LogP contribution in [0.15, 0.2) is 27.6 Å². The first kappa shape index (κ1) is 12.1. The van der Waals surface area contributed by atoms with Crippen molar-refractivity contribution in [2.75, 3.05) is 7.11 Å². The lowest BCUT2D eigenvalue weighted by Gasteiger charge is -2.03. The molecule has 0 spiro atoms. The summed E-state index contributed by atoms with van der Waals surface area (Å²) in [6.45, 7) is 0. The smallest absolute Gasteiger partial charge is 0.341 e. The van der Waals surface area contributed by atoms with Crippen molar-refractivity contribution < 1.29 is 14.6 Å². The molecule has 1 rings (SSSR count). The fraction of sp³-hybridized carbons (Fsp3) is 0.100. The third-order valence-corrected chi connectivity index (χ3v) is 2.76. The van der Waals surface area contributed by atoms with Crippen molar-refractivity contribution in [3.05, 3.63) is 33.1 Å². The third-order valence-electron chi connectivity index (χ3n) is 1.71. The van der Waals surface area contributed by atoms with Gasteiger partial charge in [-0.1, -0.05) is 15.9 Å². The van der Waals surface area contributed by atoms with Crippen molar-refractivity contribution in [1.82, 2.24) is 0 Å². The lowest BCUT2D eigenvalue weighted by molar-refractivity contribution is -0.131. The van der Waals surface area contributed by atoms with Crippen molar-refractivity contribution >= 4 is 40.6 Å². The molecule has 0 aliphatic carbocycles.